The molecule has 1 heterocycles. The monoisotopic (exact) mass is 657 g/mol. The number of carboxylic acids is 1. The van der Waals surface area contributed by atoms with E-state index >= 15 is 0 Å². The number of ether oxygens (including phenoxy) is 3. The first kappa shape index (κ1) is 36.9. The van der Waals surface area contributed by atoms with Crippen LogP contribution in [0.4, 0.5) is 5.69 Å². The number of rotatable bonds is 16. The molecule has 0 aliphatic carbocycles. The van der Waals surface area contributed by atoms with E-state index in [9.17, 15) is 44.7 Å². The minimum Gasteiger partial charge on any atom is -0.493 e. The summed E-state index contributed by atoms with van der Waals surface area (Å²) in [5, 5.41) is 59.5. The van der Waals surface area contributed by atoms with Gasteiger partial charge in [0.15, 0.2) is 0 Å². The molecule has 3 rings (SSSR count). The molecule has 15 heteroatoms. The van der Waals surface area contributed by atoms with E-state index in [4.69, 9.17) is 20.6 Å². The van der Waals surface area contributed by atoms with Crippen LogP contribution < -0.4 is 20.7 Å². The predicted molar refractivity (Wildman–Crippen MR) is 165 cm³/mol. The smallest absolute Gasteiger partial charge is 0.364 e. The minimum absolute atomic E-state index is 0.106. The molecule has 1 fully saturated rings. The van der Waals surface area contributed by atoms with E-state index in [1.165, 1.54) is 6.92 Å². The number of hydrogen-bond acceptors (Lipinski definition) is 11. The number of benzene rings is 2. The second kappa shape index (κ2) is 17.4. The molecule has 0 saturated carbocycles. The van der Waals surface area contributed by atoms with Gasteiger partial charge >= 0.3 is 5.97 Å². The third kappa shape index (κ3) is 10.7. The summed E-state index contributed by atoms with van der Waals surface area (Å²) in [6.07, 6.45) is -2.35. The van der Waals surface area contributed by atoms with Crippen LogP contribution in [0.1, 0.15) is 30.9 Å². The van der Waals surface area contributed by atoms with Crippen LogP contribution >= 0.6 is 0 Å². The summed E-state index contributed by atoms with van der Waals surface area (Å²) in [6, 6.07) is 11.5. The highest BCUT2D eigenvalue weighted by Gasteiger charge is 2.55. The molecular formula is C32H39N3O12. The van der Waals surface area contributed by atoms with Crippen LogP contribution in [0, 0.1) is 12.3 Å². The molecular weight excluding hydrogens is 618 g/mol. The maximum atomic E-state index is 12.5. The maximum Gasteiger partial charge on any atom is 0.364 e. The second-order valence-electron chi connectivity index (χ2n) is 10.8. The zero-order valence-corrected chi connectivity index (χ0v) is 25.6. The average molecular weight is 658 g/mol. The number of carboxylic acid groups (broad SMARTS) is 1. The molecule has 3 amide bonds. The van der Waals surface area contributed by atoms with E-state index in [0.29, 0.717) is 35.6 Å². The molecule has 0 aromatic heterocycles. The number of hydrogen-bond donors (Lipinski definition) is 8. The zero-order chi connectivity index (χ0) is 34.6. The molecule has 1 aliphatic rings. The Labute approximate surface area is 270 Å². The number of amides is 3. The van der Waals surface area contributed by atoms with Crippen LogP contribution in [0.2, 0.25) is 0 Å². The summed E-state index contributed by atoms with van der Waals surface area (Å²) in [4.78, 5) is 48.2. The molecule has 6 atom stereocenters. The average Bonchev–Trinajstić information content (AvgIpc) is 3.04. The van der Waals surface area contributed by atoms with Crippen molar-refractivity contribution in [2.45, 2.75) is 69.0 Å². The second-order valence-corrected chi connectivity index (χ2v) is 10.8. The summed E-state index contributed by atoms with van der Waals surface area (Å²) in [6.45, 7) is -0.151. The molecule has 47 heavy (non-hydrogen) atoms. The van der Waals surface area contributed by atoms with Gasteiger partial charge in [0.05, 0.1) is 37.9 Å². The summed E-state index contributed by atoms with van der Waals surface area (Å²) in [7, 11) is 0. The lowest BCUT2D eigenvalue weighted by Gasteiger charge is -2.46. The number of carbonyl (C=O) groups is 4. The number of aliphatic hydroxyl groups is 4. The summed E-state index contributed by atoms with van der Waals surface area (Å²) in [5.74, 6) is -2.95. The highest BCUT2D eigenvalue weighted by atomic mass is 16.7. The number of aliphatic carboxylic acids is 1. The number of carbonyl (C=O) groups excluding carboxylic acids is 3. The van der Waals surface area contributed by atoms with Gasteiger partial charge in [-0.25, -0.2) is 4.79 Å². The Balaban J connectivity index is 1.70. The Morgan fingerprint density at radius 3 is 2.32 bits per heavy atom. The first-order valence-corrected chi connectivity index (χ1v) is 14.7. The number of anilines is 1. The van der Waals surface area contributed by atoms with Gasteiger partial charge in [-0.3, -0.25) is 14.4 Å². The van der Waals surface area contributed by atoms with E-state index in [-0.39, 0.29) is 18.9 Å². The van der Waals surface area contributed by atoms with Crippen molar-refractivity contribution < 1.29 is 58.9 Å². The molecule has 0 bridgehead atoms. The van der Waals surface area contributed by atoms with E-state index < -0.39 is 73.6 Å². The van der Waals surface area contributed by atoms with E-state index in [0.717, 1.165) is 0 Å². The van der Waals surface area contributed by atoms with Gasteiger partial charge in [-0.05, 0) is 35.4 Å². The van der Waals surface area contributed by atoms with Crippen molar-refractivity contribution in [2.75, 3.05) is 25.1 Å². The van der Waals surface area contributed by atoms with Crippen molar-refractivity contribution >= 4 is 29.4 Å². The first-order chi connectivity index (χ1) is 22.4. The largest absolute Gasteiger partial charge is 0.493 e. The molecule has 0 spiro atoms. The van der Waals surface area contributed by atoms with Gasteiger partial charge in [-0.15, -0.1) is 12.3 Å². The van der Waals surface area contributed by atoms with Gasteiger partial charge in [0, 0.05) is 32.0 Å². The molecule has 0 radical (unpaired) electrons. The SMILES string of the molecule is C#CCCOc1ccc(CO[C@]2(C(=O)O)C[C@H](O)[C@@H](NC(=O)CO)[C@H]([C@H](O)[C@H](O)CNC(=O)Cc3ccc(NC(C)=O)cc3)O2)cc1. The van der Waals surface area contributed by atoms with Gasteiger partial charge in [-0.1, -0.05) is 24.3 Å². The molecule has 254 valence electrons. The third-order valence-electron chi connectivity index (χ3n) is 7.16. The lowest BCUT2D eigenvalue weighted by Crippen LogP contribution is -2.68. The predicted octanol–water partition coefficient (Wildman–Crippen LogP) is -0.948. The lowest BCUT2D eigenvalue weighted by molar-refractivity contribution is -0.314. The van der Waals surface area contributed by atoms with Gasteiger partial charge in [-0.2, -0.15) is 0 Å². The van der Waals surface area contributed by atoms with Crippen LogP contribution in [-0.2, 0) is 41.7 Å². The summed E-state index contributed by atoms with van der Waals surface area (Å²) in [5.41, 5.74) is 1.64. The van der Waals surface area contributed by atoms with E-state index in [1.54, 1.807) is 48.5 Å². The fraction of sp³-hybridized carbons (Fsp3) is 0.438. The lowest BCUT2D eigenvalue weighted by atomic mass is 9.88. The number of nitrogens with one attached hydrogen (secondary N) is 3. The Morgan fingerprint density at radius 2 is 1.72 bits per heavy atom. The van der Waals surface area contributed by atoms with Gasteiger partial charge in [0.1, 0.15) is 24.6 Å². The molecule has 15 nitrogen and oxygen atoms in total. The minimum atomic E-state index is -2.53. The molecule has 0 unspecified atom stereocenters. The van der Waals surface area contributed by atoms with Crippen molar-refractivity contribution in [3.8, 4) is 18.1 Å². The first-order valence-electron chi connectivity index (χ1n) is 14.7. The Morgan fingerprint density at radius 1 is 1.06 bits per heavy atom. The number of aliphatic hydroxyl groups excluding tert-OH is 4. The molecule has 2 aromatic rings. The normalized spacial score (nSPS) is 21.8. The Hall–Kier alpha value is -4.56. The summed E-state index contributed by atoms with van der Waals surface area (Å²) >= 11 is 0. The van der Waals surface area contributed by atoms with Crippen LogP contribution in [-0.4, -0.2) is 105 Å². The number of terminal acetylenes is 1. The van der Waals surface area contributed by atoms with Gasteiger partial charge in [0.2, 0.25) is 17.7 Å². The van der Waals surface area contributed by atoms with Crippen LogP contribution in [0.25, 0.3) is 0 Å². The third-order valence-corrected chi connectivity index (χ3v) is 7.16. The van der Waals surface area contributed by atoms with Crippen LogP contribution in [0.15, 0.2) is 48.5 Å². The Kier molecular flexibility index (Phi) is 13.6. The molecule has 8 N–H and O–H groups in total. The van der Waals surface area contributed by atoms with Crippen molar-refractivity contribution in [1.82, 2.24) is 10.6 Å². The van der Waals surface area contributed by atoms with Crippen molar-refractivity contribution in [3.63, 3.8) is 0 Å². The fourth-order valence-corrected chi connectivity index (χ4v) is 4.77. The topological polar surface area (TPSA) is 233 Å². The van der Waals surface area contributed by atoms with Crippen LogP contribution in [0.3, 0.4) is 0 Å². The van der Waals surface area contributed by atoms with Gasteiger partial charge < -0.3 is 55.7 Å². The maximum absolute atomic E-state index is 12.5. The molecule has 2 aromatic carbocycles. The zero-order valence-electron chi connectivity index (χ0n) is 25.6. The summed E-state index contributed by atoms with van der Waals surface area (Å²) < 4.78 is 16.9. The molecule has 1 saturated heterocycles. The highest BCUT2D eigenvalue weighted by molar-refractivity contribution is 5.88. The van der Waals surface area contributed by atoms with E-state index in [1.807, 2.05) is 0 Å². The van der Waals surface area contributed by atoms with Crippen molar-refractivity contribution in [2.24, 2.45) is 0 Å². The standard InChI is InChI=1S/C32H39N3O12/c1-3-4-13-45-23-11-7-21(8-12-23)18-46-32(31(43)44)15-24(38)28(35-27(41)17-36)30(47-32)29(42)25(39)16-33-26(40)14-20-5-9-22(10-6-20)34-19(2)37/h1,5-12,24-25,28-30,36,38-39,42H,4,13-18H2,2H3,(H,33,40)(H,34,37)(H,35,41)(H,43,44)/t24-,25+,28+,29+,30+,32+/m0/s1. The van der Waals surface area contributed by atoms with E-state index in [2.05, 4.69) is 21.9 Å². The van der Waals surface area contributed by atoms with Gasteiger partial charge in [0.25, 0.3) is 5.79 Å². The highest BCUT2D eigenvalue weighted by Crippen LogP contribution is 2.34. The Bertz CT molecular complexity index is 1410. The quantitative estimate of drug-likeness (QED) is 0.0807. The van der Waals surface area contributed by atoms with Crippen LogP contribution in [0.5, 0.6) is 5.75 Å². The fourth-order valence-electron chi connectivity index (χ4n) is 4.77. The van der Waals surface area contributed by atoms with Crippen molar-refractivity contribution in [1.29, 1.82) is 0 Å². The molecule has 1 aliphatic heterocycles. The van der Waals surface area contributed by atoms with Crippen molar-refractivity contribution in [3.05, 3.63) is 59.7 Å².